The van der Waals surface area contributed by atoms with Crippen LogP contribution in [-0.2, 0) is 16.8 Å². The first kappa shape index (κ1) is 20.1. The van der Waals surface area contributed by atoms with Gasteiger partial charge in [0, 0.05) is 31.0 Å². The van der Waals surface area contributed by atoms with Crippen molar-refractivity contribution in [3.05, 3.63) is 65.5 Å². The molecule has 1 fully saturated rings. The number of hydrogen-bond acceptors (Lipinski definition) is 5. The summed E-state index contributed by atoms with van der Waals surface area (Å²) in [5.41, 5.74) is 3.30. The number of hydrogen-bond donors (Lipinski definition) is 0. The van der Waals surface area contributed by atoms with Crippen LogP contribution >= 0.6 is 0 Å². The zero-order valence-corrected chi connectivity index (χ0v) is 17.9. The molecule has 1 atom stereocenters. The molecule has 6 nitrogen and oxygen atoms in total. The van der Waals surface area contributed by atoms with Gasteiger partial charge >= 0.3 is 0 Å². The Kier molecular flexibility index (Phi) is 5.33. The summed E-state index contributed by atoms with van der Waals surface area (Å²) in [4.78, 5) is 18.9. The maximum atomic E-state index is 12.5. The van der Waals surface area contributed by atoms with Crippen LogP contribution in [0.5, 0.6) is 5.75 Å². The van der Waals surface area contributed by atoms with Crippen LogP contribution in [0.1, 0.15) is 50.1 Å². The van der Waals surface area contributed by atoms with Gasteiger partial charge in [-0.25, -0.2) is 0 Å². The second kappa shape index (κ2) is 7.94. The first-order valence-electron chi connectivity index (χ1n) is 10.2. The molecule has 1 aliphatic heterocycles. The van der Waals surface area contributed by atoms with Gasteiger partial charge in [-0.1, -0.05) is 50.2 Å². The predicted molar refractivity (Wildman–Crippen MR) is 114 cm³/mol. The van der Waals surface area contributed by atoms with E-state index in [4.69, 9.17) is 9.26 Å². The average Bonchev–Trinajstić information content (AvgIpc) is 3.35. The Morgan fingerprint density at radius 1 is 1.10 bits per heavy atom. The van der Waals surface area contributed by atoms with E-state index in [9.17, 15) is 4.79 Å². The van der Waals surface area contributed by atoms with Gasteiger partial charge in [-0.3, -0.25) is 4.79 Å². The zero-order valence-electron chi connectivity index (χ0n) is 17.9. The molecule has 1 aliphatic rings. The van der Waals surface area contributed by atoms with Crippen LogP contribution in [0, 0.1) is 0 Å². The van der Waals surface area contributed by atoms with E-state index in [1.165, 1.54) is 5.56 Å². The number of amides is 1. The predicted octanol–water partition coefficient (Wildman–Crippen LogP) is 4.56. The molecule has 1 unspecified atom stereocenters. The first-order chi connectivity index (χ1) is 14.3. The second-order valence-electron chi connectivity index (χ2n) is 8.81. The topological polar surface area (TPSA) is 68.5 Å². The Hall–Kier alpha value is -3.15. The molecular formula is C24H27N3O3. The maximum Gasteiger partial charge on any atom is 0.257 e. The molecule has 1 amide bonds. The van der Waals surface area contributed by atoms with Crippen LogP contribution in [0.15, 0.2) is 53.1 Å². The summed E-state index contributed by atoms with van der Waals surface area (Å²) in [5, 5.41) is 4.16. The van der Waals surface area contributed by atoms with Crippen LogP contribution in [0.2, 0.25) is 0 Å². The van der Waals surface area contributed by atoms with Crippen LogP contribution in [0.4, 0.5) is 0 Å². The third-order valence-corrected chi connectivity index (χ3v) is 5.55. The van der Waals surface area contributed by atoms with Crippen LogP contribution in [0.3, 0.4) is 0 Å². The molecule has 2 heterocycles. The Bertz CT molecular complexity index is 1020. The van der Waals surface area contributed by atoms with Crippen molar-refractivity contribution in [1.82, 2.24) is 15.0 Å². The monoisotopic (exact) mass is 405 g/mol. The number of ether oxygens (including phenoxy) is 1. The fourth-order valence-electron chi connectivity index (χ4n) is 3.68. The third-order valence-electron chi connectivity index (χ3n) is 5.55. The van der Waals surface area contributed by atoms with Gasteiger partial charge in [-0.05, 0) is 40.8 Å². The van der Waals surface area contributed by atoms with Crippen molar-refractivity contribution >= 4 is 5.91 Å². The van der Waals surface area contributed by atoms with E-state index in [0.29, 0.717) is 31.2 Å². The number of nitrogens with zero attached hydrogens (tertiary/aromatic N) is 3. The number of rotatable bonds is 5. The fourth-order valence-corrected chi connectivity index (χ4v) is 3.68. The molecule has 0 N–H and O–H groups in total. The Labute approximate surface area is 176 Å². The summed E-state index contributed by atoms with van der Waals surface area (Å²) >= 11 is 0. The molecule has 4 rings (SSSR count). The highest BCUT2D eigenvalue weighted by Gasteiger charge is 2.33. The number of carbonyl (C=O) groups is 1. The molecule has 3 aromatic rings. The average molecular weight is 405 g/mol. The summed E-state index contributed by atoms with van der Waals surface area (Å²) in [6, 6.07) is 16.0. The van der Waals surface area contributed by atoms with E-state index < -0.39 is 0 Å². The lowest BCUT2D eigenvalue weighted by Crippen LogP contribution is -2.24. The fraction of sp³-hybridized carbons (Fsp3) is 0.375. The van der Waals surface area contributed by atoms with Gasteiger partial charge in [0.2, 0.25) is 5.91 Å². The van der Waals surface area contributed by atoms with Gasteiger partial charge in [0.15, 0.2) is 5.82 Å². The Morgan fingerprint density at radius 2 is 1.80 bits per heavy atom. The molecule has 0 spiro atoms. The second-order valence-corrected chi connectivity index (χ2v) is 8.81. The largest absolute Gasteiger partial charge is 0.497 e. The number of likely N-dealkylation sites (tertiary alicyclic amines) is 1. The van der Waals surface area contributed by atoms with E-state index in [-0.39, 0.29) is 17.2 Å². The van der Waals surface area contributed by atoms with E-state index in [0.717, 1.165) is 16.9 Å². The van der Waals surface area contributed by atoms with Gasteiger partial charge in [-0.2, -0.15) is 4.98 Å². The summed E-state index contributed by atoms with van der Waals surface area (Å²) in [6.07, 6.45) is 0.401. The highest BCUT2D eigenvalue weighted by molar-refractivity contribution is 5.79. The standard InChI is InChI=1S/C24H27N3O3/c1-24(2,3)19-9-7-17(8-10-19)23-25-22(26-30-23)18-13-21(28)27(15-18)14-16-5-11-20(29-4)12-6-16/h5-12,18H,13-15H2,1-4H3. The molecule has 1 saturated heterocycles. The maximum absolute atomic E-state index is 12.5. The molecule has 1 aromatic heterocycles. The zero-order chi connectivity index (χ0) is 21.3. The van der Waals surface area contributed by atoms with Crippen molar-refractivity contribution in [1.29, 1.82) is 0 Å². The first-order valence-corrected chi connectivity index (χ1v) is 10.2. The summed E-state index contributed by atoms with van der Waals surface area (Å²) in [6.45, 7) is 7.70. The minimum absolute atomic E-state index is 0.0536. The van der Waals surface area contributed by atoms with Gasteiger partial charge in [0.05, 0.1) is 7.11 Å². The van der Waals surface area contributed by atoms with E-state index >= 15 is 0 Å². The lowest BCUT2D eigenvalue weighted by Gasteiger charge is -2.18. The third kappa shape index (κ3) is 4.22. The lowest BCUT2D eigenvalue weighted by molar-refractivity contribution is -0.128. The van der Waals surface area contributed by atoms with Crippen LogP contribution < -0.4 is 4.74 Å². The number of methoxy groups -OCH3 is 1. The van der Waals surface area contributed by atoms with Crippen molar-refractivity contribution in [2.24, 2.45) is 0 Å². The summed E-state index contributed by atoms with van der Waals surface area (Å²) in [7, 11) is 1.64. The van der Waals surface area contributed by atoms with E-state index in [1.54, 1.807) is 7.11 Å². The minimum atomic E-state index is -0.0536. The minimum Gasteiger partial charge on any atom is -0.497 e. The molecule has 2 aromatic carbocycles. The van der Waals surface area contributed by atoms with Crippen molar-refractivity contribution in [3.63, 3.8) is 0 Å². The normalized spacial score (nSPS) is 16.9. The molecule has 0 aliphatic carbocycles. The SMILES string of the molecule is COc1ccc(CN2CC(c3noc(-c4ccc(C(C)(C)C)cc4)n3)CC2=O)cc1. The Morgan fingerprint density at radius 3 is 2.43 bits per heavy atom. The molecule has 30 heavy (non-hydrogen) atoms. The van der Waals surface area contributed by atoms with Crippen LogP contribution in [-0.4, -0.2) is 34.6 Å². The molecule has 0 bridgehead atoms. The highest BCUT2D eigenvalue weighted by atomic mass is 16.5. The van der Waals surface area contributed by atoms with Gasteiger partial charge < -0.3 is 14.2 Å². The molecule has 156 valence electrons. The van der Waals surface area contributed by atoms with Gasteiger partial charge in [-0.15, -0.1) is 0 Å². The van der Waals surface area contributed by atoms with Crippen molar-refractivity contribution in [2.75, 3.05) is 13.7 Å². The quantitative estimate of drug-likeness (QED) is 0.622. The molecule has 0 radical (unpaired) electrons. The van der Waals surface area contributed by atoms with Crippen LogP contribution in [0.25, 0.3) is 11.5 Å². The van der Waals surface area contributed by atoms with E-state index in [2.05, 4.69) is 43.0 Å². The molecule has 6 heteroatoms. The Balaban J connectivity index is 1.44. The van der Waals surface area contributed by atoms with Gasteiger partial charge in [0.25, 0.3) is 5.89 Å². The highest BCUT2D eigenvalue weighted by Crippen LogP contribution is 2.30. The van der Waals surface area contributed by atoms with Gasteiger partial charge in [0.1, 0.15) is 5.75 Å². The summed E-state index contributed by atoms with van der Waals surface area (Å²) < 4.78 is 10.7. The number of aromatic nitrogens is 2. The van der Waals surface area contributed by atoms with Crippen molar-refractivity contribution < 1.29 is 14.1 Å². The summed E-state index contributed by atoms with van der Waals surface area (Å²) in [5.74, 6) is 1.94. The van der Waals surface area contributed by atoms with Crippen molar-refractivity contribution in [2.45, 2.75) is 45.1 Å². The smallest absolute Gasteiger partial charge is 0.257 e. The lowest BCUT2D eigenvalue weighted by atomic mass is 9.87. The van der Waals surface area contributed by atoms with Crippen molar-refractivity contribution in [3.8, 4) is 17.2 Å². The van der Waals surface area contributed by atoms with E-state index in [1.807, 2.05) is 41.3 Å². The molecule has 0 saturated carbocycles. The molecular weight excluding hydrogens is 378 g/mol. The number of benzene rings is 2. The number of carbonyl (C=O) groups excluding carboxylic acids is 1.